The Morgan fingerprint density at radius 1 is 1.05 bits per heavy atom. The SMILES string of the molecule is C[C@@H](O)C(CO)OC(OCCCCCCS)C(O)O. The minimum Gasteiger partial charge on any atom is -0.394 e. The number of rotatable bonds is 12. The summed E-state index contributed by atoms with van der Waals surface area (Å²) < 4.78 is 10.3. The van der Waals surface area contributed by atoms with Crippen LogP contribution in [-0.4, -0.2) is 64.2 Å². The smallest absolute Gasteiger partial charge is 0.209 e. The molecule has 7 heteroatoms. The Morgan fingerprint density at radius 2 is 1.68 bits per heavy atom. The summed E-state index contributed by atoms with van der Waals surface area (Å²) >= 11 is 4.11. The van der Waals surface area contributed by atoms with Gasteiger partial charge in [0.05, 0.1) is 12.7 Å². The number of unbranched alkanes of at least 4 members (excludes halogenated alkanes) is 3. The molecule has 0 radical (unpaired) electrons. The fourth-order valence-corrected chi connectivity index (χ4v) is 1.67. The van der Waals surface area contributed by atoms with Gasteiger partial charge in [-0.05, 0) is 25.5 Å². The molecule has 4 N–H and O–H groups in total. The molecule has 0 aromatic rings. The maximum absolute atomic E-state index is 9.30. The molecule has 19 heavy (non-hydrogen) atoms. The summed E-state index contributed by atoms with van der Waals surface area (Å²) in [7, 11) is 0. The van der Waals surface area contributed by atoms with Crippen molar-refractivity contribution in [2.24, 2.45) is 0 Å². The number of hydrogen-bond donors (Lipinski definition) is 5. The number of aliphatic hydroxyl groups excluding tert-OH is 3. The highest BCUT2D eigenvalue weighted by atomic mass is 32.1. The Kier molecular flexibility index (Phi) is 12.0. The topological polar surface area (TPSA) is 99.4 Å². The molecule has 0 saturated carbocycles. The van der Waals surface area contributed by atoms with Crippen molar-refractivity contribution >= 4 is 12.6 Å². The molecule has 0 aromatic carbocycles. The standard InChI is InChI=1S/C12H26O6S/c1-9(14)10(8-13)18-12(11(15)16)17-6-4-2-3-5-7-19/h9-16,19H,2-8H2,1H3/t9-,10?,12?/m1/s1. The van der Waals surface area contributed by atoms with Crippen molar-refractivity contribution in [3.8, 4) is 0 Å². The van der Waals surface area contributed by atoms with Crippen LogP contribution in [-0.2, 0) is 9.47 Å². The lowest BCUT2D eigenvalue weighted by molar-refractivity contribution is -0.280. The molecule has 0 aliphatic rings. The Labute approximate surface area is 119 Å². The van der Waals surface area contributed by atoms with E-state index in [0.717, 1.165) is 31.4 Å². The van der Waals surface area contributed by atoms with E-state index in [1.165, 1.54) is 6.92 Å². The predicted octanol–water partition coefficient (Wildman–Crippen LogP) is -0.112. The Hall–Kier alpha value is 0.110. The van der Waals surface area contributed by atoms with Crippen molar-refractivity contribution in [1.29, 1.82) is 0 Å². The van der Waals surface area contributed by atoms with Crippen molar-refractivity contribution in [2.45, 2.75) is 57.4 Å². The monoisotopic (exact) mass is 298 g/mol. The van der Waals surface area contributed by atoms with Gasteiger partial charge in [0.25, 0.3) is 0 Å². The Bertz CT molecular complexity index is 203. The predicted molar refractivity (Wildman–Crippen MR) is 73.9 cm³/mol. The minimum absolute atomic E-state index is 0.326. The highest BCUT2D eigenvalue weighted by Crippen LogP contribution is 2.09. The molecule has 0 spiro atoms. The number of hydrogen-bond acceptors (Lipinski definition) is 7. The summed E-state index contributed by atoms with van der Waals surface area (Å²) in [6.07, 6.45) is -1.08. The summed E-state index contributed by atoms with van der Waals surface area (Å²) in [5.41, 5.74) is 0. The van der Waals surface area contributed by atoms with Gasteiger partial charge in [-0.25, -0.2) is 0 Å². The van der Waals surface area contributed by atoms with E-state index in [1.54, 1.807) is 0 Å². The van der Waals surface area contributed by atoms with Crippen molar-refractivity contribution in [3.63, 3.8) is 0 Å². The van der Waals surface area contributed by atoms with Crippen molar-refractivity contribution in [3.05, 3.63) is 0 Å². The van der Waals surface area contributed by atoms with Gasteiger partial charge >= 0.3 is 0 Å². The first-order valence-corrected chi connectivity index (χ1v) is 7.19. The van der Waals surface area contributed by atoms with Crippen LogP contribution in [0.2, 0.25) is 0 Å². The molecular weight excluding hydrogens is 272 g/mol. The molecule has 0 heterocycles. The van der Waals surface area contributed by atoms with E-state index >= 15 is 0 Å². The van der Waals surface area contributed by atoms with Gasteiger partial charge < -0.3 is 29.9 Å². The largest absolute Gasteiger partial charge is 0.394 e. The lowest BCUT2D eigenvalue weighted by Gasteiger charge is -2.26. The lowest BCUT2D eigenvalue weighted by Crippen LogP contribution is -2.41. The molecule has 0 amide bonds. The van der Waals surface area contributed by atoms with Gasteiger partial charge in [-0.1, -0.05) is 12.8 Å². The quantitative estimate of drug-likeness (QED) is 0.196. The van der Waals surface area contributed by atoms with Crippen LogP contribution in [0.5, 0.6) is 0 Å². The number of thiol groups is 1. The van der Waals surface area contributed by atoms with Gasteiger partial charge in [-0.2, -0.15) is 12.6 Å². The third kappa shape index (κ3) is 9.61. The third-order valence-electron chi connectivity index (χ3n) is 2.60. The van der Waals surface area contributed by atoms with Crippen molar-refractivity contribution in [2.75, 3.05) is 19.0 Å². The molecule has 0 rings (SSSR count). The average Bonchev–Trinajstić information content (AvgIpc) is 2.36. The molecule has 0 aromatic heterocycles. The van der Waals surface area contributed by atoms with Crippen LogP contribution in [0.4, 0.5) is 0 Å². The summed E-state index contributed by atoms with van der Waals surface area (Å²) in [6, 6.07) is 0. The van der Waals surface area contributed by atoms with E-state index in [1.807, 2.05) is 0 Å². The molecule has 0 saturated heterocycles. The normalized spacial score (nSPS) is 16.6. The number of ether oxygens (including phenoxy) is 2. The Morgan fingerprint density at radius 3 is 2.16 bits per heavy atom. The van der Waals surface area contributed by atoms with Crippen LogP contribution >= 0.6 is 12.6 Å². The zero-order chi connectivity index (χ0) is 14.7. The zero-order valence-electron chi connectivity index (χ0n) is 11.3. The van der Waals surface area contributed by atoms with Crippen molar-refractivity contribution in [1.82, 2.24) is 0 Å². The molecule has 0 bridgehead atoms. The van der Waals surface area contributed by atoms with Crippen LogP contribution in [0.3, 0.4) is 0 Å². The molecule has 3 atom stereocenters. The van der Waals surface area contributed by atoms with E-state index in [0.29, 0.717) is 6.61 Å². The second kappa shape index (κ2) is 11.9. The fraction of sp³-hybridized carbons (Fsp3) is 1.00. The minimum atomic E-state index is -1.81. The van der Waals surface area contributed by atoms with Gasteiger partial charge in [0, 0.05) is 6.61 Å². The Balaban J connectivity index is 3.92. The van der Waals surface area contributed by atoms with E-state index in [2.05, 4.69) is 12.6 Å². The summed E-state index contributed by atoms with van der Waals surface area (Å²) in [5.74, 6) is 0.856. The van der Waals surface area contributed by atoms with E-state index in [9.17, 15) is 5.11 Å². The summed E-state index contributed by atoms with van der Waals surface area (Å²) in [5, 5.41) is 36.5. The second-order valence-electron chi connectivity index (χ2n) is 4.39. The molecule has 2 unspecified atom stereocenters. The molecule has 0 aliphatic heterocycles. The van der Waals surface area contributed by atoms with Gasteiger partial charge in [-0.15, -0.1) is 0 Å². The van der Waals surface area contributed by atoms with Crippen LogP contribution in [0.1, 0.15) is 32.6 Å². The zero-order valence-corrected chi connectivity index (χ0v) is 12.2. The highest BCUT2D eigenvalue weighted by Gasteiger charge is 2.25. The van der Waals surface area contributed by atoms with Crippen LogP contribution in [0.15, 0.2) is 0 Å². The molecule has 116 valence electrons. The fourth-order valence-electron chi connectivity index (χ4n) is 1.44. The van der Waals surface area contributed by atoms with Crippen LogP contribution in [0, 0.1) is 0 Å². The van der Waals surface area contributed by atoms with Crippen molar-refractivity contribution < 1.29 is 29.9 Å². The van der Waals surface area contributed by atoms with Gasteiger partial charge in [-0.3, -0.25) is 0 Å². The molecular formula is C12H26O6S. The number of aliphatic hydroxyl groups is 4. The summed E-state index contributed by atoms with van der Waals surface area (Å²) in [4.78, 5) is 0. The van der Waals surface area contributed by atoms with E-state index in [4.69, 9.17) is 24.8 Å². The average molecular weight is 298 g/mol. The lowest BCUT2D eigenvalue weighted by atomic mass is 10.2. The summed E-state index contributed by atoms with van der Waals surface area (Å²) in [6.45, 7) is 1.35. The van der Waals surface area contributed by atoms with Crippen LogP contribution in [0.25, 0.3) is 0 Å². The third-order valence-corrected chi connectivity index (χ3v) is 2.92. The van der Waals surface area contributed by atoms with Gasteiger partial charge in [0.15, 0.2) is 0 Å². The first-order chi connectivity index (χ1) is 9.02. The first-order valence-electron chi connectivity index (χ1n) is 6.56. The van der Waals surface area contributed by atoms with Crippen LogP contribution < -0.4 is 0 Å². The molecule has 6 nitrogen and oxygen atoms in total. The first kappa shape index (κ1) is 19.1. The van der Waals surface area contributed by atoms with E-state index in [-0.39, 0.29) is 0 Å². The van der Waals surface area contributed by atoms with E-state index < -0.39 is 31.4 Å². The second-order valence-corrected chi connectivity index (χ2v) is 4.84. The molecule has 0 fully saturated rings. The van der Waals surface area contributed by atoms with Gasteiger partial charge in [0.2, 0.25) is 12.6 Å². The van der Waals surface area contributed by atoms with Gasteiger partial charge in [0.1, 0.15) is 6.10 Å². The molecule has 0 aliphatic carbocycles. The highest BCUT2D eigenvalue weighted by molar-refractivity contribution is 7.80. The maximum Gasteiger partial charge on any atom is 0.209 e. The maximum atomic E-state index is 9.30.